The number of amides is 2. The van der Waals surface area contributed by atoms with Crippen LogP contribution in [0.2, 0.25) is 10.0 Å². The first-order valence-corrected chi connectivity index (χ1v) is 9.83. The summed E-state index contributed by atoms with van der Waals surface area (Å²) in [6.45, 7) is 4.37. The van der Waals surface area contributed by atoms with Gasteiger partial charge in [0.15, 0.2) is 0 Å². The molecular weight excluding hydrogens is 402 g/mol. The van der Waals surface area contributed by atoms with E-state index in [-0.39, 0.29) is 30.6 Å². The van der Waals surface area contributed by atoms with Crippen molar-refractivity contribution in [2.24, 2.45) is 0 Å². The maximum absolute atomic E-state index is 13.2. The maximum Gasteiger partial charge on any atom is 0.242 e. The Balaban J connectivity index is 2.21. The number of nitrogens with one attached hydrogen (secondary N) is 1. The van der Waals surface area contributed by atoms with E-state index in [9.17, 15) is 14.0 Å². The molecule has 150 valence electrons. The highest BCUT2D eigenvalue weighted by atomic mass is 35.5. The van der Waals surface area contributed by atoms with Crippen LogP contribution < -0.4 is 5.32 Å². The molecule has 1 N–H and O–H groups in total. The number of hydrogen-bond donors (Lipinski definition) is 1. The number of hydrogen-bond acceptors (Lipinski definition) is 2. The first-order chi connectivity index (χ1) is 13.3. The predicted octanol–water partition coefficient (Wildman–Crippen LogP) is 4.62. The molecule has 0 saturated carbocycles. The average molecular weight is 425 g/mol. The Labute approximate surface area is 174 Å². The molecule has 0 aromatic heterocycles. The van der Waals surface area contributed by atoms with Crippen molar-refractivity contribution in [1.82, 2.24) is 10.2 Å². The van der Waals surface area contributed by atoms with Crippen LogP contribution in [-0.4, -0.2) is 29.3 Å². The molecular formula is C21H23Cl2FN2O2. The maximum atomic E-state index is 13.2. The van der Waals surface area contributed by atoms with Gasteiger partial charge in [-0.2, -0.15) is 0 Å². The van der Waals surface area contributed by atoms with Crippen LogP contribution in [0.5, 0.6) is 0 Å². The van der Waals surface area contributed by atoms with E-state index in [4.69, 9.17) is 23.2 Å². The molecule has 7 heteroatoms. The zero-order valence-electron chi connectivity index (χ0n) is 15.8. The van der Waals surface area contributed by atoms with Crippen molar-refractivity contribution >= 4 is 35.0 Å². The van der Waals surface area contributed by atoms with Gasteiger partial charge < -0.3 is 10.2 Å². The number of carbonyl (C=O) groups is 2. The molecule has 0 fully saturated rings. The summed E-state index contributed by atoms with van der Waals surface area (Å²) in [5.41, 5.74) is 1.43. The fourth-order valence-electron chi connectivity index (χ4n) is 2.69. The van der Waals surface area contributed by atoms with Gasteiger partial charge in [-0.1, -0.05) is 48.3 Å². The van der Waals surface area contributed by atoms with Gasteiger partial charge in [-0.3, -0.25) is 9.59 Å². The molecule has 0 radical (unpaired) electrons. The monoisotopic (exact) mass is 424 g/mol. The number of halogens is 3. The van der Waals surface area contributed by atoms with Gasteiger partial charge in [0.25, 0.3) is 0 Å². The molecule has 0 saturated heterocycles. The molecule has 1 unspecified atom stereocenters. The molecule has 2 aromatic rings. The summed E-state index contributed by atoms with van der Waals surface area (Å²) in [7, 11) is 0. The lowest BCUT2D eigenvalue weighted by molar-refractivity contribution is -0.140. The van der Waals surface area contributed by atoms with Gasteiger partial charge in [-0.25, -0.2) is 4.39 Å². The average Bonchev–Trinajstić information content (AvgIpc) is 2.67. The summed E-state index contributed by atoms with van der Waals surface area (Å²) in [5, 5.41) is 3.59. The van der Waals surface area contributed by atoms with Crippen LogP contribution in [0.4, 0.5) is 4.39 Å². The lowest BCUT2D eigenvalue weighted by Crippen LogP contribution is -2.48. The Bertz CT molecular complexity index is 828. The number of carbonyl (C=O) groups excluding carboxylic acids is 2. The highest BCUT2D eigenvalue weighted by molar-refractivity contribution is 6.42. The molecule has 0 spiro atoms. The minimum Gasteiger partial charge on any atom is -0.354 e. The van der Waals surface area contributed by atoms with E-state index < -0.39 is 6.04 Å². The van der Waals surface area contributed by atoms with Crippen LogP contribution in [0.15, 0.2) is 42.5 Å². The summed E-state index contributed by atoms with van der Waals surface area (Å²) in [4.78, 5) is 26.9. The third-order valence-corrected chi connectivity index (χ3v) is 5.06. The fraction of sp³-hybridized carbons (Fsp3) is 0.333. The molecule has 2 aromatic carbocycles. The molecule has 0 aliphatic heterocycles. The molecule has 1 atom stereocenters. The number of benzene rings is 2. The van der Waals surface area contributed by atoms with Crippen molar-refractivity contribution in [2.45, 2.75) is 39.3 Å². The van der Waals surface area contributed by atoms with Crippen LogP contribution in [-0.2, 0) is 22.6 Å². The zero-order valence-corrected chi connectivity index (χ0v) is 17.4. The van der Waals surface area contributed by atoms with E-state index in [1.165, 1.54) is 17.0 Å². The zero-order chi connectivity index (χ0) is 20.7. The molecule has 4 nitrogen and oxygen atoms in total. The Morgan fingerprint density at radius 3 is 2.32 bits per heavy atom. The first-order valence-electron chi connectivity index (χ1n) is 9.07. The van der Waals surface area contributed by atoms with E-state index in [2.05, 4.69) is 5.32 Å². The predicted molar refractivity (Wildman–Crippen MR) is 110 cm³/mol. The smallest absolute Gasteiger partial charge is 0.242 e. The third-order valence-electron chi connectivity index (χ3n) is 4.32. The van der Waals surface area contributed by atoms with E-state index in [1.807, 2.05) is 6.92 Å². The SMILES string of the molecule is CCCNC(=O)C(C)N(Cc1ccc(F)cc1)C(=O)Cc1ccc(Cl)c(Cl)c1. The summed E-state index contributed by atoms with van der Waals surface area (Å²) in [6, 6.07) is 10.2. The van der Waals surface area contributed by atoms with Gasteiger partial charge in [0.1, 0.15) is 11.9 Å². The van der Waals surface area contributed by atoms with E-state index >= 15 is 0 Å². The molecule has 0 aliphatic rings. The molecule has 2 amide bonds. The molecule has 28 heavy (non-hydrogen) atoms. The summed E-state index contributed by atoms with van der Waals surface area (Å²) in [6.07, 6.45) is 0.872. The van der Waals surface area contributed by atoms with Gasteiger partial charge in [-0.15, -0.1) is 0 Å². The summed E-state index contributed by atoms with van der Waals surface area (Å²) in [5.74, 6) is -0.820. The van der Waals surface area contributed by atoms with Crippen LogP contribution in [0.3, 0.4) is 0 Å². The molecule has 0 aliphatic carbocycles. The second kappa shape index (κ2) is 10.4. The van der Waals surface area contributed by atoms with Crippen LogP contribution in [0.1, 0.15) is 31.4 Å². The first kappa shape index (κ1) is 22.2. The van der Waals surface area contributed by atoms with Gasteiger partial charge in [0.05, 0.1) is 16.5 Å². The topological polar surface area (TPSA) is 49.4 Å². The quantitative estimate of drug-likeness (QED) is 0.671. The summed E-state index contributed by atoms with van der Waals surface area (Å²) < 4.78 is 13.2. The Hall–Kier alpha value is -2.11. The number of nitrogens with zero attached hydrogens (tertiary/aromatic N) is 1. The number of rotatable bonds is 8. The van der Waals surface area contributed by atoms with Crippen molar-refractivity contribution in [3.05, 3.63) is 69.5 Å². The Morgan fingerprint density at radius 2 is 1.71 bits per heavy atom. The van der Waals surface area contributed by atoms with Crippen molar-refractivity contribution < 1.29 is 14.0 Å². The second-order valence-corrected chi connectivity index (χ2v) is 7.35. The van der Waals surface area contributed by atoms with Crippen LogP contribution >= 0.6 is 23.2 Å². The summed E-state index contributed by atoms with van der Waals surface area (Å²) >= 11 is 12.0. The van der Waals surface area contributed by atoms with Gasteiger partial charge >= 0.3 is 0 Å². The molecule has 2 rings (SSSR count). The van der Waals surface area contributed by atoms with E-state index in [0.29, 0.717) is 22.2 Å². The van der Waals surface area contributed by atoms with E-state index in [0.717, 1.165) is 12.0 Å². The van der Waals surface area contributed by atoms with Gasteiger partial charge in [0, 0.05) is 13.1 Å². The minimum atomic E-state index is -0.674. The van der Waals surface area contributed by atoms with Crippen molar-refractivity contribution in [1.29, 1.82) is 0 Å². The fourth-order valence-corrected chi connectivity index (χ4v) is 3.01. The Morgan fingerprint density at radius 1 is 1.07 bits per heavy atom. The molecule has 0 heterocycles. The van der Waals surface area contributed by atoms with Crippen molar-refractivity contribution in [2.75, 3.05) is 6.54 Å². The second-order valence-electron chi connectivity index (χ2n) is 6.54. The van der Waals surface area contributed by atoms with Gasteiger partial charge in [-0.05, 0) is 48.7 Å². The lowest BCUT2D eigenvalue weighted by Gasteiger charge is -2.29. The lowest BCUT2D eigenvalue weighted by atomic mass is 10.1. The highest BCUT2D eigenvalue weighted by Gasteiger charge is 2.26. The standard InChI is InChI=1S/C21H23Cl2FN2O2/c1-3-10-25-21(28)14(2)26(13-15-4-7-17(24)8-5-15)20(27)12-16-6-9-18(22)19(23)11-16/h4-9,11,14H,3,10,12-13H2,1-2H3,(H,25,28). The van der Waals surface area contributed by atoms with Crippen LogP contribution in [0.25, 0.3) is 0 Å². The highest BCUT2D eigenvalue weighted by Crippen LogP contribution is 2.23. The normalized spacial score (nSPS) is 11.8. The minimum absolute atomic E-state index is 0.0729. The van der Waals surface area contributed by atoms with Crippen molar-refractivity contribution in [3.63, 3.8) is 0 Å². The molecule has 0 bridgehead atoms. The van der Waals surface area contributed by atoms with Crippen molar-refractivity contribution in [3.8, 4) is 0 Å². The third kappa shape index (κ3) is 6.21. The van der Waals surface area contributed by atoms with Crippen LogP contribution in [0, 0.1) is 5.82 Å². The van der Waals surface area contributed by atoms with Gasteiger partial charge in [0.2, 0.25) is 11.8 Å². The van der Waals surface area contributed by atoms with E-state index in [1.54, 1.807) is 37.3 Å². The Kier molecular flexibility index (Phi) is 8.27. The largest absolute Gasteiger partial charge is 0.354 e.